The van der Waals surface area contributed by atoms with Crippen molar-refractivity contribution in [2.45, 2.75) is 229 Å². The lowest BCUT2D eigenvalue weighted by atomic mass is 9.83. The molecular weight excluding hydrogens is 1160 g/mol. The molecule has 22 nitrogen and oxygen atoms in total. The topological polar surface area (TPSA) is 264 Å². The lowest BCUT2D eigenvalue weighted by Crippen LogP contribution is -2.64. The minimum absolute atomic E-state index is 0.0128. The van der Waals surface area contributed by atoms with Crippen LogP contribution in [0.3, 0.4) is 0 Å². The van der Waals surface area contributed by atoms with Crippen molar-refractivity contribution >= 4 is 64.6 Å². The fraction of sp³-hybridized carbons (Fsp3) is 0.812. The Morgan fingerprint density at radius 2 is 0.989 bits per heavy atom. The van der Waals surface area contributed by atoms with Gasteiger partial charge in [0, 0.05) is 99.4 Å². The molecule has 522 valence electrons. The minimum Gasteiger partial charge on any atom is -0.390 e. The second kappa shape index (κ2) is 39.2. The predicted molar refractivity (Wildman–Crippen MR) is 356 cm³/mol. The smallest absolute Gasteiger partial charge is 0.246 e. The van der Waals surface area contributed by atoms with Gasteiger partial charge in [-0.25, -0.2) is 0 Å². The molecule has 91 heavy (non-hydrogen) atoms. The van der Waals surface area contributed by atoms with Crippen LogP contribution in [0.15, 0.2) is 12.2 Å². The summed E-state index contributed by atoms with van der Waals surface area (Å²) in [6, 6.07) is -9.74. The predicted octanol–water partition coefficient (Wildman–Crippen LogP) is 6.15. The molecule has 0 aromatic heterocycles. The summed E-state index contributed by atoms with van der Waals surface area (Å²) < 4.78 is 5.56. The minimum atomic E-state index is -1.62. The highest BCUT2D eigenvalue weighted by Gasteiger charge is 2.47. The van der Waals surface area contributed by atoms with E-state index in [0.29, 0.717) is 19.4 Å². The number of Topliss-reactive ketones (excluding diaryl/α,β-unsaturated/α-hetero) is 3. The summed E-state index contributed by atoms with van der Waals surface area (Å²) in [5.41, 5.74) is 0. The maximum absolute atomic E-state index is 15.3. The Kier molecular flexibility index (Phi) is 35.9. The van der Waals surface area contributed by atoms with E-state index >= 15 is 33.6 Å². The van der Waals surface area contributed by atoms with Gasteiger partial charge in [-0.05, 0) is 101 Å². The van der Waals surface area contributed by atoms with Crippen molar-refractivity contribution in [2.24, 2.45) is 59.2 Å². The highest BCUT2D eigenvalue weighted by atomic mass is 16.5. The van der Waals surface area contributed by atoms with Crippen LogP contribution in [0, 0.1) is 59.2 Å². The molecule has 0 saturated carbocycles. The standard InChI is InChI=1S/C69H123N9O13/c1-26-28-30-45(13)61(82)60-62(83)71-50(27-2)65(86)72(18)51(31-29-32-70-17)66(87)77(23)59(48(16)39-91-25)57(81)38-49(43(9)10)64(85)73(19)52(33-40(3)4)56(80)36-46(14)55(79)37-47(15)63(84)74(20)53(34-41(5)6)67(88)75(21)54(35-42(7)8)68(89)76(22)58(44(11)12)69(90)78(60)24/h26,28,40-54,58-61,70,82H,27,29-39H2,1-25H3,(H,71,83)/b28-26+/t45-,46-,47+,48-,49+,50+,51-,52+,53+,54+,58+,59+,60+,61-/m1/s1. The normalized spacial score (nSPS) is 27.3. The van der Waals surface area contributed by atoms with Crippen LogP contribution < -0.4 is 10.6 Å². The van der Waals surface area contributed by atoms with Crippen molar-refractivity contribution < 1.29 is 62.6 Å². The Morgan fingerprint density at radius 1 is 0.538 bits per heavy atom. The highest BCUT2D eigenvalue weighted by Crippen LogP contribution is 2.30. The summed E-state index contributed by atoms with van der Waals surface area (Å²) in [6.45, 7) is 29.2. The van der Waals surface area contributed by atoms with E-state index in [4.69, 9.17) is 4.74 Å². The quantitative estimate of drug-likeness (QED) is 0.0913. The number of nitrogens with zero attached hydrogens (tertiary/aromatic N) is 7. The van der Waals surface area contributed by atoms with Gasteiger partial charge in [-0.1, -0.05) is 116 Å². The number of rotatable bonds is 20. The first-order chi connectivity index (χ1) is 42.2. The van der Waals surface area contributed by atoms with Gasteiger partial charge in [0.05, 0.1) is 24.8 Å². The zero-order valence-corrected chi connectivity index (χ0v) is 60.6. The number of hydrogen-bond acceptors (Lipinski definition) is 14. The van der Waals surface area contributed by atoms with E-state index in [1.54, 1.807) is 75.4 Å². The van der Waals surface area contributed by atoms with Gasteiger partial charge in [-0.2, -0.15) is 0 Å². The number of aliphatic hydroxyl groups excluding tert-OH is 1. The molecule has 1 aliphatic rings. The lowest BCUT2D eigenvalue weighted by Gasteiger charge is -2.41. The first kappa shape index (κ1) is 83.4. The van der Waals surface area contributed by atoms with Crippen molar-refractivity contribution in [3.8, 4) is 0 Å². The molecule has 0 spiro atoms. The van der Waals surface area contributed by atoms with E-state index in [0.717, 1.165) is 4.90 Å². The van der Waals surface area contributed by atoms with Crippen LogP contribution in [-0.4, -0.2) is 235 Å². The summed E-state index contributed by atoms with van der Waals surface area (Å²) in [4.78, 5) is 173. The van der Waals surface area contributed by atoms with Gasteiger partial charge in [0.2, 0.25) is 47.3 Å². The number of allylic oxidation sites excluding steroid dienone is 2. The number of likely N-dealkylation sites (N-methyl/N-ethyl adjacent to an activating group) is 7. The molecule has 1 rings (SSSR count). The van der Waals surface area contributed by atoms with Crippen LogP contribution in [-0.2, 0) is 57.5 Å². The van der Waals surface area contributed by atoms with Gasteiger partial charge >= 0.3 is 0 Å². The maximum atomic E-state index is 15.3. The molecule has 0 bridgehead atoms. The number of aliphatic hydroxyl groups is 1. The zero-order valence-electron chi connectivity index (χ0n) is 60.6. The fourth-order valence-electron chi connectivity index (χ4n) is 12.7. The van der Waals surface area contributed by atoms with Crippen molar-refractivity contribution in [1.82, 2.24) is 44.9 Å². The Morgan fingerprint density at radius 3 is 1.46 bits per heavy atom. The van der Waals surface area contributed by atoms with E-state index in [9.17, 15) is 24.3 Å². The third-order valence-corrected chi connectivity index (χ3v) is 18.4. The van der Waals surface area contributed by atoms with E-state index in [1.807, 2.05) is 54.5 Å². The summed E-state index contributed by atoms with van der Waals surface area (Å²) in [6.07, 6.45) is 2.74. The van der Waals surface area contributed by atoms with Crippen LogP contribution >= 0.6 is 0 Å². The number of carbonyl (C=O) groups excluding carboxylic acids is 11. The van der Waals surface area contributed by atoms with Gasteiger partial charge in [-0.3, -0.25) is 52.7 Å². The molecule has 1 saturated heterocycles. The molecule has 8 amide bonds. The third-order valence-electron chi connectivity index (χ3n) is 18.4. The van der Waals surface area contributed by atoms with Crippen LogP contribution in [0.2, 0.25) is 0 Å². The average Bonchev–Trinajstić information content (AvgIpc) is 0.968. The highest BCUT2D eigenvalue weighted by molar-refractivity contribution is 6.00. The van der Waals surface area contributed by atoms with Gasteiger partial charge in [-0.15, -0.1) is 0 Å². The zero-order chi connectivity index (χ0) is 70.4. The fourth-order valence-corrected chi connectivity index (χ4v) is 12.7. The molecule has 14 atom stereocenters. The number of nitrogens with one attached hydrogen (secondary N) is 2. The summed E-state index contributed by atoms with van der Waals surface area (Å²) in [5, 5.41) is 18.2. The van der Waals surface area contributed by atoms with Gasteiger partial charge in [0.25, 0.3) is 0 Å². The molecule has 0 radical (unpaired) electrons. The van der Waals surface area contributed by atoms with E-state index in [-0.39, 0.29) is 87.3 Å². The summed E-state index contributed by atoms with van der Waals surface area (Å²) in [5.74, 6) is -11.5. The summed E-state index contributed by atoms with van der Waals surface area (Å²) >= 11 is 0. The Bertz CT molecular complexity index is 2450. The molecule has 1 aliphatic heterocycles. The van der Waals surface area contributed by atoms with E-state index in [1.165, 1.54) is 85.8 Å². The molecule has 1 heterocycles. The second-order valence-electron chi connectivity index (χ2n) is 28.3. The number of amides is 8. The SMILES string of the molecule is C/C=C/C[C@@H](C)[C@@H](O)[C@H]1C(=O)N[C@@H](CC)C(=O)N(C)[C@H](CCCNC)C(=O)N(C)[C@@H]([C@H](C)COC)C(=O)C[C@@H](C(C)C)C(=O)N(C)[C@@H](CC(C)C)C(=O)C[C@@H](C)C(=O)C[C@H](C)C(=O)N(C)[C@@H](CC(C)C)C(=O)N(C)[C@@H](CC(C)C)C(=O)N(C)[C@@H](C(C)C)C(=O)N1C. The maximum Gasteiger partial charge on any atom is 0.246 e. The van der Waals surface area contributed by atoms with E-state index < -0.39 is 149 Å². The average molecular weight is 1290 g/mol. The molecular formula is C69H123N9O13. The lowest BCUT2D eigenvalue weighted by molar-refractivity contribution is -0.157. The second-order valence-corrected chi connectivity index (χ2v) is 28.3. The van der Waals surface area contributed by atoms with Crippen molar-refractivity contribution in [3.63, 3.8) is 0 Å². The van der Waals surface area contributed by atoms with Crippen molar-refractivity contribution in [2.75, 3.05) is 76.6 Å². The number of hydrogen-bond donors (Lipinski definition) is 3. The number of carbonyl (C=O) groups is 11. The first-order valence-corrected chi connectivity index (χ1v) is 33.4. The summed E-state index contributed by atoms with van der Waals surface area (Å²) in [7, 11) is 13.5. The van der Waals surface area contributed by atoms with Gasteiger partial charge < -0.3 is 54.8 Å². The molecule has 0 unspecified atom stereocenters. The molecule has 0 aliphatic carbocycles. The van der Waals surface area contributed by atoms with Crippen LogP contribution in [0.4, 0.5) is 0 Å². The molecule has 1 fully saturated rings. The Hall–Kier alpha value is -5.61. The van der Waals surface area contributed by atoms with Crippen LogP contribution in [0.25, 0.3) is 0 Å². The molecule has 22 heteroatoms. The number of ether oxygens (including phenoxy) is 1. The Labute approximate surface area is 547 Å². The van der Waals surface area contributed by atoms with Crippen LogP contribution in [0.5, 0.6) is 0 Å². The molecule has 3 N–H and O–H groups in total. The molecule has 0 aromatic rings. The largest absolute Gasteiger partial charge is 0.390 e. The van der Waals surface area contributed by atoms with Gasteiger partial charge in [0.1, 0.15) is 42.0 Å². The third kappa shape index (κ3) is 23.4. The first-order valence-electron chi connectivity index (χ1n) is 33.4. The van der Waals surface area contributed by atoms with Crippen molar-refractivity contribution in [1.29, 1.82) is 0 Å². The number of ketones is 3. The Balaban J connectivity index is 4.53. The van der Waals surface area contributed by atoms with E-state index in [2.05, 4.69) is 10.6 Å². The monoisotopic (exact) mass is 1290 g/mol. The van der Waals surface area contributed by atoms with Crippen molar-refractivity contribution in [3.05, 3.63) is 12.2 Å². The van der Waals surface area contributed by atoms with Gasteiger partial charge in [0.15, 0.2) is 11.6 Å². The number of methoxy groups -OCH3 is 1. The van der Waals surface area contributed by atoms with Crippen LogP contribution in [0.1, 0.15) is 175 Å². The molecule has 0 aromatic carbocycles.